The molecule has 0 radical (unpaired) electrons. The Morgan fingerprint density at radius 3 is 2.56 bits per heavy atom. The number of carbonyl (C=O) groups excluding carboxylic acids is 1. The summed E-state index contributed by atoms with van der Waals surface area (Å²) in [6.45, 7) is 1.60. The summed E-state index contributed by atoms with van der Waals surface area (Å²) < 4.78 is 23.5. The minimum Gasteiger partial charge on any atom is -0.392 e. The molecule has 0 heterocycles. The van der Waals surface area contributed by atoms with Gasteiger partial charge in [0.2, 0.25) is 5.91 Å². The van der Waals surface area contributed by atoms with E-state index in [1.54, 1.807) is 18.2 Å². The van der Waals surface area contributed by atoms with E-state index in [9.17, 15) is 13.2 Å². The fourth-order valence-electron chi connectivity index (χ4n) is 1.15. The van der Waals surface area contributed by atoms with Crippen LogP contribution < -0.4 is 5.32 Å². The summed E-state index contributed by atoms with van der Waals surface area (Å²) in [6.07, 6.45) is 0.262. The van der Waals surface area contributed by atoms with Crippen LogP contribution in [0.5, 0.6) is 0 Å². The molecular formula is C12H15NO4S. The van der Waals surface area contributed by atoms with E-state index in [2.05, 4.69) is 5.32 Å². The van der Waals surface area contributed by atoms with Crippen LogP contribution in [0.3, 0.4) is 0 Å². The Labute approximate surface area is 106 Å². The molecule has 6 heteroatoms. The molecule has 1 aromatic carbocycles. The Bertz CT molecular complexity index is 520. The van der Waals surface area contributed by atoms with Crippen LogP contribution in [0.25, 0.3) is 0 Å². The number of nitrogens with one attached hydrogen (secondary N) is 1. The summed E-state index contributed by atoms with van der Waals surface area (Å²) in [5, 5.41) is 12.2. The molecular weight excluding hydrogens is 254 g/mol. The predicted molar refractivity (Wildman–Crippen MR) is 67.5 cm³/mol. The van der Waals surface area contributed by atoms with Gasteiger partial charge in [-0.25, -0.2) is 8.42 Å². The number of aliphatic hydroxyl groups is 1. The quantitative estimate of drug-likeness (QED) is 0.761. The summed E-state index contributed by atoms with van der Waals surface area (Å²) in [7, 11) is -3.60. The topological polar surface area (TPSA) is 83.5 Å². The van der Waals surface area contributed by atoms with E-state index in [1.807, 2.05) is 0 Å². The summed E-state index contributed by atoms with van der Waals surface area (Å²) in [5.41, 5.74) is 0. The van der Waals surface area contributed by atoms with Gasteiger partial charge in [-0.05, 0) is 19.1 Å². The Kier molecular flexibility index (Phi) is 5.06. The lowest BCUT2D eigenvalue weighted by atomic mass is 10.4. The lowest BCUT2D eigenvalue weighted by Gasteiger charge is -2.03. The van der Waals surface area contributed by atoms with Gasteiger partial charge in [-0.1, -0.05) is 18.2 Å². The first-order chi connectivity index (χ1) is 8.42. The van der Waals surface area contributed by atoms with Crippen LogP contribution in [0.1, 0.15) is 6.92 Å². The van der Waals surface area contributed by atoms with Crippen molar-refractivity contribution in [3.05, 3.63) is 41.8 Å². The zero-order chi connectivity index (χ0) is 13.6. The van der Waals surface area contributed by atoms with Crippen molar-refractivity contribution >= 4 is 15.7 Å². The van der Waals surface area contributed by atoms with Crippen molar-refractivity contribution in [1.82, 2.24) is 5.32 Å². The molecule has 0 bridgehead atoms. The highest BCUT2D eigenvalue weighted by Gasteiger charge is 2.09. The summed E-state index contributed by atoms with van der Waals surface area (Å²) in [4.78, 5) is 11.4. The molecule has 0 fully saturated rings. The molecule has 0 aliphatic carbocycles. The molecule has 0 saturated heterocycles. The van der Waals surface area contributed by atoms with Gasteiger partial charge in [-0.3, -0.25) is 4.79 Å². The van der Waals surface area contributed by atoms with Crippen LogP contribution in [-0.4, -0.2) is 32.1 Å². The second-order valence-electron chi connectivity index (χ2n) is 3.75. The van der Waals surface area contributed by atoms with E-state index in [1.165, 1.54) is 19.1 Å². The number of hydrogen-bond donors (Lipinski definition) is 2. The molecule has 1 atom stereocenters. The molecule has 0 saturated carbocycles. The molecule has 0 spiro atoms. The van der Waals surface area contributed by atoms with E-state index in [0.29, 0.717) is 0 Å². The minimum atomic E-state index is -3.60. The standard InChI is InChI=1S/C12H15NO4S/c1-10(14)9-13-12(15)7-8-18(16,17)11-5-3-2-4-6-11/h2-8,10,14H,9H2,1H3,(H,13,15)/b8-7+. The van der Waals surface area contributed by atoms with Crippen molar-refractivity contribution in [2.45, 2.75) is 17.9 Å². The van der Waals surface area contributed by atoms with Crippen molar-refractivity contribution in [2.24, 2.45) is 0 Å². The first-order valence-corrected chi connectivity index (χ1v) is 6.90. The SMILES string of the molecule is CC(O)CNC(=O)/C=C/S(=O)(=O)c1ccccc1. The first kappa shape index (κ1) is 14.4. The Balaban J connectivity index is 2.69. The van der Waals surface area contributed by atoms with E-state index in [0.717, 1.165) is 11.5 Å². The second kappa shape index (κ2) is 6.32. The molecule has 0 aromatic heterocycles. The van der Waals surface area contributed by atoms with Gasteiger partial charge in [0.05, 0.1) is 11.0 Å². The van der Waals surface area contributed by atoms with Gasteiger partial charge >= 0.3 is 0 Å². The molecule has 98 valence electrons. The molecule has 1 amide bonds. The normalized spacial score (nSPS) is 13.4. The molecule has 1 aromatic rings. The maximum atomic E-state index is 11.8. The molecule has 0 aliphatic rings. The van der Waals surface area contributed by atoms with Crippen LogP contribution >= 0.6 is 0 Å². The van der Waals surface area contributed by atoms with E-state index < -0.39 is 21.8 Å². The molecule has 18 heavy (non-hydrogen) atoms. The number of hydrogen-bond acceptors (Lipinski definition) is 4. The van der Waals surface area contributed by atoms with Crippen LogP contribution in [0.2, 0.25) is 0 Å². The average Bonchev–Trinajstić information content (AvgIpc) is 2.35. The zero-order valence-corrected chi connectivity index (χ0v) is 10.7. The number of amides is 1. The van der Waals surface area contributed by atoms with E-state index in [-0.39, 0.29) is 11.4 Å². The fourth-order valence-corrected chi connectivity index (χ4v) is 2.14. The van der Waals surface area contributed by atoms with Crippen LogP contribution in [-0.2, 0) is 14.6 Å². The van der Waals surface area contributed by atoms with Gasteiger partial charge in [0.1, 0.15) is 0 Å². The van der Waals surface area contributed by atoms with E-state index in [4.69, 9.17) is 5.11 Å². The maximum absolute atomic E-state index is 11.8. The monoisotopic (exact) mass is 269 g/mol. The molecule has 5 nitrogen and oxygen atoms in total. The number of rotatable bonds is 5. The van der Waals surface area contributed by atoms with Crippen LogP contribution in [0.15, 0.2) is 46.7 Å². The highest BCUT2D eigenvalue weighted by Crippen LogP contribution is 2.10. The highest BCUT2D eigenvalue weighted by molar-refractivity contribution is 7.94. The largest absolute Gasteiger partial charge is 0.392 e. The maximum Gasteiger partial charge on any atom is 0.244 e. The molecule has 2 N–H and O–H groups in total. The van der Waals surface area contributed by atoms with Gasteiger partial charge < -0.3 is 10.4 Å². The van der Waals surface area contributed by atoms with Gasteiger partial charge in [0.15, 0.2) is 9.84 Å². The van der Waals surface area contributed by atoms with Crippen molar-refractivity contribution in [3.8, 4) is 0 Å². The van der Waals surface area contributed by atoms with Crippen molar-refractivity contribution in [1.29, 1.82) is 0 Å². The summed E-state index contributed by atoms with van der Waals surface area (Å²) >= 11 is 0. The van der Waals surface area contributed by atoms with Gasteiger partial charge in [-0.2, -0.15) is 0 Å². The molecule has 0 aliphatic heterocycles. The highest BCUT2D eigenvalue weighted by atomic mass is 32.2. The van der Waals surface area contributed by atoms with Crippen LogP contribution in [0, 0.1) is 0 Å². The number of carbonyl (C=O) groups is 1. The lowest BCUT2D eigenvalue weighted by molar-refractivity contribution is -0.116. The van der Waals surface area contributed by atoms with E-state index >= 15 is 0 Å². The van der Waals surface area contributed by atoms with Crippen molar-refractivity contribution in [3.63, 3.8) is 0 Å². The van der Waals surface area contributed by atoms with Gasteiger partial charge in [0.25, 0.3) is 0 Å². The third-order valence-electron chi connectivity index (χ3n) is 2.04. The second-order valence-corrected chi connectivity index (χ2v) is 5.59. The lowest BCUT2D eigenvalue weighted by Crippen LogP contribution is -2.29. The Morgan fingerprint density at radius 1 is 1.39 bits per heavy atom. The smallest absolute Gasteiger partial charge is 0.244 e. The number of aliphatic hydroxyl groups excluding tert-OH is 1. The molecule has 1 unspecified atom stereocenters. The van der Waals surface area contributed by atoms with Gasteiger partial charge in [0, 0.05) is 18.0 Å². The van der Waals surface area contributed by atoms with Crippen molar-refractivity contribution in [2.75, 3.05) is 6.54 Å². The van der Waals surface area contributed by atoms with Gasteiger partial charge in [-0.15, -0.1) is 0 Å². The summed E-state index contributed by atoms with van der Waals surface area (Å²) in [6, 6.07) is 7.82. The zero-order valence-electron chi connectivity index (χ0n) is 9.91. The van der Waals surface area contributed by atoms with Crippen molar-refractivity contribution < 1.29 is 18.3 Å². The third kappa shape index (κ3) is 4.68. The Morgan fingerprint density at radius 2 is 2.00 bits per heavy atom. The predicted octanol–water partition coefficient (Wildman–Crippen LogP) is 0.471. The third-order valence-corrected chi connectivity index (χ3v) is 3.47. The number of sulfone groups is 1. The Hall–Kier alpha value is -1.66. The summed E-state index contributed by atoms with van der Waals surface area (Å²) in [5.74, 6) is -0.560. The minimum absolute atomic E-state index is 0.0779. The average molecular weight is 269 g/mol. The fraction of sp³-hybridized carbons (Fsp3) is 0.250. The number of benzene rings is 1. The van der Waals surface area contributed by atoms with Crippen LogP contribution in [0.4, 0.5) is 0 Å². The molecule has 1 rings (SSSR count). The first-order valence-electron chi connectivity index (χ1n) is 5.36.